The first-order valence-electron chi connectivity index (χ1n) is 8.98. The lowest BCUT2D eigenvalue weighted by molar-refractivity contribution is -0.299. The van der Waals surface area contributed by atoms with E-state index in [1.807, 2.05) is 0 Å². The third-order valence-electron chi connectivity index (χ3n) is 5.05. The molecule has 0 spiro atoms. The van der Waals surface area contributed by atoms with E-state index < -0.39 is 49.5 Å². The highest BCUT2D eigenvalue weighted by molar-refractivity contribution is 5.97. The Labute approximate surface area is 166 Å². The van der Waals surface area contributed by atoms with Crippen molar-refractivity contribution in [3.05, 3.63) is 35.4 Å². The van der Waals surface area contributed by atoms with Gasteiger partial charge in [-0.15, -0.1) is 0 Å². The van der Waals surface area contributed by atoms with Crippen LogP contribution in [0.4, 0.5) is 0 Å². The molecule has 0 aromatic heterocycles. The number of phenols is 1. The summed E-state index contributed by atoms with van der Waals surface area (Å²) in [6.07, 6.45) is -9.24. The number of phenolic OH excluding ortho intramolecular Hbond substituents is 1. The number of ether oxygens (including phenoxy) is 3. The third-order valence-corrected chi connectivity index (χ3v) is 5.05. The quantitative estimate of drug-likeness (QED) is 0.246. The fourth-order valence-electron chi connectivity index (χ4n) is 3.35. The van der Waals surface area contributed by atoms with E-state index in [4.69, 9.17) is 14.2 Å². The molecule has 2 aliphatic heterocycles. The summed E-state index contributed by atoms with van der Waals surface area (Å²) in [6, 6.07) is 2.59. The van der Waals surface area contributed by atoms with Crippen molar-refractivity contribution < 1.29 is 49.6 Å². The van der Waals surface area contributed by atoms with Gasteiger partial charge in [-0.25, -0.2) is 0 Å². The van der Waals surface area contributed by atoms with Crippen molar-refractivity contribution in [1.29, 1.82) is 0 Å². The molecular formula is C19H24O10. The molecule has 1 saturated heterocycles. The zero-order chi connectivity index (χ0) is 21.5. The van der Waals surface area contributed by atoms with Gasteiger partial charge in [-0.3, -0.25) is 4.79 Å². The molecule has 1 aromatic carbocycles. The molecule has 160 valence electrons. The van der Waals surface area contributed by atoms with E-state index in [9.17, 15) is 35.4 Å². The number of hydrogen-bond donors (Lipinski definition) is 6. The van der Waals surface area contributed by atoms with Gasteiger partial charge in [0, 0.05) is 5.56 Å². The second kappa shape index (κ2) is 8.36. The van der Waals surface area contributed by atoms with Crippen LogP contribution < -0.4 is 4.74 Å². The average Bonchev–Trinajstić information content (AvgIpc) is 3.00. The number of carbonyl (C=O) groups excluding carboxylic acids is 1. The van der Waals surface area contributed by atoms with E-state index in [-0.39, 0.29) is 40.6 Å². The average molecular weight is 412 g/mol. The summed E-state index contributed by atoms with van der Waals surface area (Å²) in [5.41, 5.74) is 0.598. The van der Waals surface area contributed by atoms with Crippen LogP contribution >= 0.6 is 0 Å². The zero-order valence-electron chi connectivity index (χ0n) is 15.6. The second-order valence-corrected chi connectivity index (χ2v) is 7.11. The molecule has 29 heavy (non-hydrogen) atoms. The number of aliphatic hydroxyl groups excluding tert-OH is 5. The fraction of sp³-hybridized carbons (Fsp3) is 0.526. The maximum atomic E-state index is 11.6. The van der Waals surface area contributed by atoms with E-state index in [1.165, 1.54) is 19.1 Å². The van der Waals surface area contributed by atoms with E-state index in [2.05, 4.69) is 6.58 Å². The summed E-state index contributed by atoms with van der Waals surface area (Å²) in [5.74, 6) is -0.418. The summed E-state index contributed by atoms with van der Waals surface area (Å²) in [7, 11) is 0. The van der Waals surface area contributed by atoms with Crippen LogP contribution in [0.1, 0.15) is 28.9 Å². The highest BCUT2D eigenvalue weighted by Gasteiger charge is 2.44. The molecule has 10 heteroatoms. The summed E-state index contributed by atoms with van der Waals surface area (Å²) < 4.78 is 16.3. The number of Topliss-reactive ketones (excluding diaryl/α,β-unsaturated/α-hetero) is 1. The summed E-state index contributed by atoms with van der Waals surface area (Å²) in [6.45, 7) is 4.25. The lowest BCUT2D eigenvalue weighted by atomic mass is 9.99. The van der Waals surface area contributed by atoms with Crippen molar-refractivity contribution in [2.75, 3.05) is 13.2 Å². The van der Waals surface area contributed by atoms with Crippen molar-refractivity contribution in [3.63, 3.8) is 0 Å². The highest BCUT2D eigenvalue weighted by atomic mass is 16.7. The van der Waals surface area contributed by atoms with Gasteiger partial charge < -0.3 is 44.8 Å². The van der Waals surface area contributed by atoms with Crippen LogP contribution in [0.15, 0.2) is 24.3 Å². The van der Waals surface area contributed by atoms with Gasteiger partial charge in [0.05, 0.1) is 18.8 Å². The Morgan fingerprint density at radius 2 is 1.86 bits per heavy atom. The SMILES string of the molecule is C=C(CO[C@@H]1O[C@H](CO)[C@@H](O)[C@H](O)[C@H]1O)[C@@H]1Oc2cc(C(C)=O)c(O)cc2[C@@H]1O. The number of benzene rings is 1. The van der Waals surface area contributed by atoms with E-state index in [0.29, 0.717) is 0 Å². The first kappa shape index (κ1) is 21.7. The van der Waals surface area contributed by atoms with E-state index in [1.54, 1.807) is 0 Å². The smallest absolute Gasteiger partial charge is 0.187 e. The summed E-state index contributed by atoms with van der Waals surface area (Å²) in [5, 5.41) is 59.2. The van der Waals surface area contributed by atoms with Gasteiger partial charge in [-0.1, -0.05) is 6.58 Å². The van der Waals surface area contributed by atoms with Gasteiger partial charge in [0.15, 0.2) is 18.2 Å². The van der Waals surface area contributed by atoms with E-state index in [0.717, 1.165) is 0 Å². The Morgan fingerprint density at radius 1 is 1.17 bits per heavy atom. The van der Waals surface area contributed by atoms with Crippen LogP contribution in [-0.4, -0.2) is 86.4 Å². The van der Waals surface area contributed by atoms with Gasteiger partial charge in [-0.05, 0) is 24.6 Å². The van der Waals surface area contributed by atoms with Crippen LogP contribution in [0.2, 0.25) is 0 Å². The fourth-order valence-corrected chi connectivity index (χ4v) is 3.35. The molecule has 0 saturated carbocycles. The van der Waals surface area contributed by atoms with Gasteiger partial charge in [0.1, 0.15) is 42.0 Å². The molecule has 0 radical (unpaired) electrons. The Bertz CT molecular complexity index is 791. The number of ketones is 1. The van der Waals surface area contributed by atoms with Crippen LogP contribution in [-0.2, 0) is 9.47 Å². The molecule has 2 heterocycles. The van der Waals surface area contributed by atoms with Gasteiger partial charge >= 0.3 is 0 Å². The molecule has 0 amide bonds. The molecule has 6 N–H and O–H groups in total. The highest BCUT2D eigenvalue weighted by Crippen LogP contribution is 2.42. The van der Waals surface area contributed by atoms with Crippen molar-refractivity contribution in [2.45, 2.75) is 49.8 Å². The lowest BCUT2D eigenvalue weighted by Crippen LogP contribution is -2.59. The van der Waals surface area contributed by atoms with E-state index >= 15 is 0 Å². The van der Waals surface area contributed by atoms with Crippen LogP contribution in [0.5, 0.6) is 11.5 Å². The number of rotatable bonds is 6. The Kier molecular flexibility index (Phi) is 6.24. The molecular weight excluding hydrogens is 388 g/mol. The van der Waals surface area contributed by atoms with Crippen LogP contribution in [0.3, 0.4) is 0 Å². The van der Waals surface area contributed by atoms with Crippen molar-refractivity contribution >= 4 is 5.78 Å². The first-order valence-corrected chi connectivity index (χ1v) is 8.98. The third kappa shape index (κ3) is 4.01. The van der Waals surface area contributed by atoms with Crippen molar-refractivity contribution in [1.82, 2.24) is 0 Å². The predicted molar refractivity (Wildman–Crippen MR) is 96.3 cm³/mol. The number of carbonyl (C=O) groups is 1. The Hall–Kier alpha value is -2.05. The van der Waals surface area contributed by atoms with Gasteiger partial charge in [0.2, 0.25) is 0 Å². The molecule has 1 aromatic rings. The minimum atomic E-state index is -1.58. The normalized spacial score (nSPS) is 33.8. The maximum Gasteiger partial charge on any atom is 0.187 e. The second-order valence-electron chi connectivity index (χ2n) is 7.11. The number of aromatic hydroxyl groups is 1. The lowest BCUT2D eigenvalue weighted by Gasteiger charge is -2.39. The molecule has 3 rings (SSSR count). The maximum absolute atomic E-state index is 11.6. The Morgan fingerprint density at radius 3 is 2.48 bits per heavy atom. The van der Waals surface area contributed by atoms with Crippen molar-refractivity contribution in [2.24, 2.45) is 0 Å². The molecule has 0 bridgehead atoms. The Balaban J connectivity index is 1.66. The molecule has 7 atom stereocenters. The largest absolute Gasteiger partial charge is 0.507 e. The minimum absolute atomic E-state index is 0.0554. The van der Waals surface area contributed by atoms with Gasteiger partial charge in [0.25, 0.3) is 0 Å². The molecule has 2 aliphatic rings. The standard InChI is InChI=1S/C19H24O10/c1-7(6-27-19-17(26)16(25)15(24)13(5-20)29-19)18-14(23)10-3-11(22)9(8(2)21)4-12(10)28-18/h3-4,13-20,22-26H,1,5-6H2,2H3/t13-,14+,15-,16+,17-,18+,19-/m1/s1. The van der Waals surface area contributed by atoms with Crippen molar-refractivity contribution in [3.8, 4) is 11.5 Å². The predicted octanol–water partition coefficient (Wildman–Crippen LogP) is -1.24. The van der Waals surface area contributed by atoms with Crippen LogP contribution in [0, 0.1) is 0 Å². The number of aliphatic hydroxyl groups is 5. The zero-order valence-corrected chi connectivity index (χ0v) is 15.6. The molecule has 10 nitrogen and oxygen atoms in total. The molecule has 1 fully saturated rings. The molecule has 0 unspecified atom stereocenters. The summed E-state index contributed by atoms with van der Waals surface area (Å²) >= 11 is 0. The summed E-state index contributed by atoms with van der Waals surface area (Å²) in [4.78, 5) is 11.6. The molecule has 0 aliphatic carbocycles. The topological polar surface area (TPSA) is 166 Å². The van der Waals surface area contributed by atoms with Gasteiger partial charge in [-0.2, -0.15) is 0 Å². The minimum Gasteiger partial charge on any atom is -0.507 e. The van der Waals surface area contributed by atoms with Crippen LogP contribution in [0.25, 0.3) is 0 Å². The number of fused-ring (bicyclic) bond motifs is 1. The first-order chi connectivity index (χ1) is 13.6. The number of hydrogen-bond acceptors (Lipinski definition) is 10. The monoisotopic (exact) mass is 412 g/mol.